The first-order valence-corrected chi connectivity index (χ1v) is 6.12. The number of hydrogen-bond donors (Lipinski definition) is 0. The maximum Gasteiger partial charge on any atom is 0.100 e. The van der Waals surface area contributed by atoms with E-state index < -0.39 is 0 Å². The third kappa shape index (κ3) is 1.28. The Morgan fingerprint density at radius 2 is 1.94 bits per heavy atom. The molecular formula is C14H16N2. The van der Waals surface area contributed by atoms with Crippen molar-refractivity contribution in [2.75, 3.05) is 0 Å². The van der Waals surface area contributed by atoms with Gasteiger partial charge in [-0.25, -0.2) is 0 Å². The van der Waals surface area contributed by atoms with E-state index in [-0.39, 0.29) is 5.41 Å². The van der Waals surface area contributed by atoms with Crippen molar-refractivity contribution in [2.24, 2.45) is 5.41 Å². The van der Waals surface area contributed by atoms with Crippen molar-refractivity contribution in [3.63, 3.8) is 0 Å². The van der Waals surface area contributed by atoms with Crippen molar-refractivity contribution >= 4 is 0 Å². The summed E-state index contributed by atoms with van der Waals surface area (Å²) < 4.78 is 0. The minimum Gasteiger partial charge on any atom is -0.260 e. The molecule has 0 N–H and O–H groups in total. The van der Waals surface area contributed by atoms with Gasteiger partial charge in [0, 0.05) is 6.20 Å². The maximum atomic E-state index is 9.44. The second kappa shape index (κ2) is 3.31. The van der Waals surface area contributed by atoms with E-state index in [4.69, 9.17) is 0 Å². The second-order valence-electron chi connectivity index (χ2n) is 5.47. The summed E-state index contributed by atoms with van der Waals surface area (Å²) in [5, 5.41) is 9.44. The summed E-state index contributed by atoms with van der Waals surface area (Å²) in [6.45, 7) is 0. The van der Waals surface area contributed by atoms with Gasteiger partial charge in [-0.2, -0.15) is 5.26 Å². The van der Waals surface area contributed by atoms with Gasteiger partial charge in [0.15, 0.2) is 0 Å². The van der Waals surface area contributed by atoms with E-state index >= 15 is 0 Å². The molecule has 2 saturated carbocycles. The highest BCUT2D eigenvalue weighted by atomic mass is 14.7. The molecular weight excluding hydrogens is 196 g/mol. The zero-order chi connectivity index (χ0) is 11.1. The molecule has 0 saturated heterocycles. The molecule has 2 aliphatic rings. The summed E-state index contributed by atoms with van der Waals surface area (Å²) in [6.07, 6.45) is 9.22. The highest BCUT2D eigenvalue weighted by molar-refractivity contribution is 5.33. The van der Waals surface area contributed by atoms with Crippen LogP contribution in [0.15, 0.2) is 24.4 Å². The molecule has 82 valence electrons. The van der Waals surface area contributed by atoms with Gasteiger partial charge >= 0.3 is 0 Å². The second-order valence-corrected chi connectivity index (χ2v) is 5.47. The molecule has 1 aromatic heterocycles. The lowest BCUT2D eigenvalue weighted by atomic mass is 9.51. The van der Waals surface area contributed by atoms with Gasteiger partial charge in [-0.15, -0.1) is 0 Å². The van der Waals surface area contributed by atoms with Gasteiger partial charge < -0.3 is 0 Å². The highest BCUT2D eigenvalue weighted by Crippen LogP contribution is 2.62. The summed E-state index contributed by atoms with van der Waals surface area (Å²) in [5.74, 6) is 0. The van der Waals surface area contributed by atoms with Crippen LogP contribution in [0.25, 0.3) is 0 Å². The summed E-state index contributed by atoms with van der Waals surface area (Å²) in [7, 11) is 0. The van der Waals surface area contributed by atoms with Crippen molar-refractivity contribution in [2.45, 2.75) is 43.9 Å². The molecule has 2 nitrogen and oxygen atoms in total. The van der Waals surface area contributed by atoms with Crippen molar-refractivity contribution in [1.82, 2.24) is 4.98 Å². The molecule has 0 bridgehead atoms. The normalized spacial score (nSPS) is 24.9. The van der Waals surface area contributed by atoms with E-state index in [9.17, 15) is 5.26 Å². The summed E-state index contributed by atoms with van der Waals surface area (Å²) in [6, 6.07) is 8.43. The van der Waals surface area contributed by atoms with Crippen LogP contribution in [0.5, 0.6) is 0 Å². The fraction of sp³-hybridized carbons (Fsp3) is 0.571. The van der Waals surface area contributed by atoms with Gasteiger partial charge in [-0.1, -0.05) is 18.9 Å². The van der Waals surface area contributed by atoms with Crippen molar-refractivity contribution in [3.8, 4) is 6.07 Å². The van der Waals surface area contributed by atoms with Crippen LogP contribution in [-0.4, -0.2) is 4.98 Å². The minimum atomic E-state index is -0.272. The van der Waals surface area contributed by atoms with Crippen LogP contribution in [0.2, 0.25) is 0 Å². The van der Waals surface area contributed by atoms with E-state index in [1.165, 1.54) is 25.7 Å². The van der Waals surface area contributed by atoms with Gasteiger partial charge in [-0.3, -0.25) is 4.98 Å². The lowest BCUT2D eigenvalue weighted by molar-refractivity contribution is 0.0621. The summed E-state index contributed by atoms with van der Waals surface area (Å²) in [5.41, 5.74) is 1.20. The van der Waals surface area contributed by atoms with Crippen LogP contribution in [0.3, 0.4) is 0 Å². The van der Waals surface area contributed by atoms with Crippen molar-refractivity contribution < 1.29 is 0 Å². The van der Waals surface area contributed by atoms with Crippen LogP contribution in [0, 0.1) is 16.7 Å². The molecule has 2 heteroatoms. The fourth-order valence-corrected chi connectivity index (χ4v) is 3.67. The molecule has 1 spiro atoms. The zero-order valence-corrected chi connectivity index (χ0v) is 9.45. The zero-order valence-electron chi connectivity index (χ0n) is 9.45. The van der Waals surface area contributed by atoms with Crippen LogP contribution in [-0.2, 0) is 5.41 Å². The van der Waals surface area contributed by atoms with E-state index in [0.717, 1.165) is 18.5 Å². The minimum absolute atomic E-state index is 0.272. The number of aromatic nitrogens is 1. The van der Waals surface area contributed by atoms with E-state index in [0.29, 0.717) is 5.41 Å². The predicted octanol–water partition coefficient (Wildman–Crippen LogP) is 3.20. The van der Waals surface area contributed by atoms with E-state index in [1.54, 1.807) is 6.20 Å². The standard InChI is InChI=1S/C14H16N2/c15-11-14(12-5-1-4-8-16-12)9-13(10-14)6-2-3-7-13/h1,4-5,8H,2-3,6-7,9-10H2. The molecule has 0 radical (unpaired) electrons. The molecule has 16 heavy (non-hydrogen) atoms. The van der Waals surface area contributed by atoms with E-state index in [1.807, 2.05) is 18.2 Å². The van der Waals surface area contributed by atoms with E-state index in [2.05, 4.69) is 11.1 Å². The van der Waals surface area contributed by atoms with Gasteiger partial charge in [0.2, 0.25) is 0 Å². The van der Waals surface area contributed by atoms with Crippen molar-refractivity contribution in [3.05, 3.63) is 30.1 Å². The quantitative estimate of drug-likeness (QED) is 0.716. The molecule has 0 atom stereocenters. The smallest absolute Gasteiger partial charge is 0.100 e. The maximum absolute atomic E-state index is 9.44. The highest BCUT2D eigenvalue weighted by Gasteiger charge is 2.57. The third-order valence-electron chi connectivity index (χ3n) is 4.39. The van der Waals surface area contributed by atoms with Gasteiger partial charge in [0.05, 0.1) is 11.8 Å². The number of nitriles is 1. The molecule has 2 aliphatic carbocycles. The first-order chi connectivity index (χ1) is 7.79. The first-order valence-electron chi connectivity index (χ1n) is 6.12. The topological polar surface area (TPSA) is 36.7 Å². The predicted molar refractivity (Wildman–Crippen MR) is 61.7 cm³/mol. The van der Waals surface area contributed by atoms with Gasteiger partial charge in [0.1, 0.15) is 5.41 Å². The van der Waals surface area contributed by atoms with Crippen LogP contribution < -0.4 is 0 Å². The Hall–Kier alpha value is -1.36. The van der Waals surface area contributed by atoms with Gasteiger partial charge in [0.25, 0.3) is 0 Å². The Morgan fingerprint density at radius 1 is 1.19 bits per heavy atom. The Morgan fingerprint density at radius 3 is 2.50 bits per heavy atom. The Labute approximate surface area is 96.3 Å². The molecule has 1 aromatic rings. The average Bonchev–Trinajstić information content (AvgIpc) is 2.76. The van der Waals surface area contributed by atoms with Crippen LogP contribution >= 0.6 is 0 Å². The summed E-state index contributed by atoms with van der Waals surface area (Å²) in [4.78, 5) is 4.38. The SMILES string of the molecule is N#CC1(c2ccccn2)CC2(CCCC2)C1. The Kier molecular flexibility index (Phi) is 2.04. The van der Waals surface area contributed by atoms with Crippen LogP contribution in [0.4, 0.5) is 0 Å². The van der Waals surface area contributed by atoms with Crippen molar-refractivity contribution in [1.29, 1.82) is 5.26 Å². The lowest BCUT2D eigenvalue weighted by Crippen LogP contribution is -2.47. The molecule has 0 aromatic carbocycles. The molecule has 1 heterocycles. The molecule has 0 unspecified atom stereocenters. The molecule has 3 rings (SSSR count). The Balaban J connectivity index is 1.87. The Bertz CT molecular complexity index is 416. The number of nitrogens with zero attached hydrogens (tertiary/aromatic N) is 2. The molecule has 0 aliphatic heterocycles. The molecule has 2 fully saturated rings. The lowest BCUT2D eigenvalue weighted by Gasteiger charge is -2.50. The number of hydrogen-bond acceptors (Lipinski definition) is 2. The average molecular weight is 212 g/mol. The first kappa shape index (κ1) is 9.84. The molecule has 0 amide bonds. The third-order valence-corrected chi connectivity index (χ3v) is 4.39. The fourth-order valence-electron chi connectivity index (χ4n) is 3.67. The largest absolute Gasteiger partial charge is 0.260 e. The number of rotatable bonds is 1. The summed E-state index contributed by atoms with van der Waals surface area (Å²) >= 11 is 0. The monoisotopic (exact) mass is 212 g/mol. The van der Waals surface area contributed by atoms with Crippen LogP contribution in [0.1, 0.15) is 44.2 Å². The number of pyridine rings is 1. The van der Waals surface area contributed by atoms with Gasteiger partial charge in [-0.05, 0) is 43.2 Å².